The number of methoxy groups -OCH3 is 1. The summed E-state index contributed by atoms with van der Waals surface area (Å²) in [5.74, 6) is 0.942. The predicted octanol–water partition coefficient (Wildman–Crippen LogP) is 2.78. The van der Waals surface area contributed by atoms with E-state index in [4.69, 9.17) is 16.3 Å². The molecular weight excluding hydrogens is 288 g/mol. The second kappa shape index (κ2) is 6.96. The zero-order valence-corrected chi connectivity index (χ0v) is 13.4. The van der Waals surface area contributed by atoms with Gasteiger partial charge in [-0.1, -0.05) is 23.7 Å². The first-order valence-corrected chi connectivity index (χ1v) is 7.34. The molecule has 4 nitrogen and oxygen atoms in total. The Bertz CT molecular complexity index is 610. The molecule has 1 N–H and O–H groups in total. The number of ether oxygens (including phenoxy) is 1. The predicted molar refractivity (Wildman–Crippen MR) is 83.9 cm³/mol. The summed E-state index contributed by atoms with van der Waals surface area (Å²) in [6.07, 6.45) is 1.49. The molecule has 0 radical (unpaired) electrons. The van der Waals surface area contributed by atoms with Gasteiger partial charge in [-0.2, -0.15) is 5.10 Å². The van der Waals surface area contributed by atoms with E-state index in [2.05, 4.69) is 5.10 Å². The van der Waals surface area contributed by atoms with Crippen LogP contribution in [-0.2, 0) is 19.9 Å². The molecule has 1 aromatic heterocycles. The van der Waals surface area contributed by atoms with Crippen LogP contribution in [0.4, 0.5) is 0 Å². The fourth-order valence-corrected chi connectivity index (χ4v) is 2.78. The van der Waals surface area contributed by atoms with Gasteiger partial charge in [-0.25, -0.2) is 0 Å². The van der Waals surface area contributed by atoms with Crippen LogP contribution in [0.1, 0.15) is 16.8 Å². The van der Waals surface area contributed by atoms with Crippen LogP contribution in [0, 0.1) is 12.8 Å². The van der Waals surface area contributed by atoms with E-state index in [0.717, 1.165) is 29.0 Å². The molecule has 0 aliphatic rings. The fraction of sp³-hybridized carbons (Fsp3) is 0.438. The van der Waals surface area contributed by atoms with Gasteiger partial charge in [0.15, 0.2) is 0 Å². The van der Waals surface area contributed by atoms with Gasteiger partial charge in [0.25, 0.3) is 0 Å². The molecule has 0 bridgehead atoms. The van der Waals surface area contributed by atoms with Crippen LogP contribution in [0.25, 0.3) is 0 Å². The van der Waals surface area contributed by atoms with Crippen molar-refractivity contribution in [2.75, 3.05) is 13.7 Å². The summed E-state index contributed by atoms with van der Waals surface area (Å²) in [7, 11) is 3.48. The Hall–Kier alpha value is -1.52. The standard InChI is InChI=1S/C16H21ClN2O2/c1-11-15(16(17)19(2)18-11)9-13(10-20)7-12-5-4-6-14(8-12)21-3/h4-6,8,13,20H,7,9-10H2,1-3H3. The fourth-order valence-electron chi connectivity index (χ4n) is 2.53. The lowest BCUT2D eigenvalue weighted by atomic mass is 9.93. The summed E-state index contributed by atoms with van der Waals surface area (Å²) < 4.78 is 6.91. The minimum Gasteiger partial charge on any atom is -0.497 e. The molecule has 5 heteroatoms. The van der Waals surface area contributed by atoms with E-state index in [1.807, 2.05) is 38.2 Å². The number of hydrogen-bond acceptors (Lipinski definition) is 3. The monoisotopic (exact) mass is 308 g/mol. The molecule has 114 valence electrons. The Labute approximate surface area is 130 Å². The Balaban J connectivity index is 2.13. The largest absolute Gasteiger partial charge is 0.497 e. The molecule has 0 saturated carbocycles. The summed E-state index contributed by atoms with van der Waals surface area (Å²) in [6, 6.07) is 7.92. The first kappa shape index (κ1) is 15.9. The average molecular weight is 309 g/mol. The average Bonchev–Trinajstić information content (AvgIpc) is 2.73. The van der Waals surface area contributed by atoms with E-state index in [9.17, 15) is 5.11 Å². The van der Waals surface area contributed by atoms with Crippen molar-refractivity contribution < 1.29 is 9.84 Å². The van der Waals surface area contributed by atoms with Crippen LogP contribution in [0.3, 0.4) is 0 Å². The topological polar surface area (TPSA) is 47.3 Å². The zero-order chi connectivity index (χ0) is 15.4. The highest BCUT2D eigenvalue weighted by molar-refractivity contribution is 6.30. The van der Waals surface area contributed by atoms with E-state index in [1.165, 1.54) is 0 Å². The number of benzene rings is 1. The molecule has 1 atom stereocenters. The van der Waals surface area contributed by atoms with Crippen molar-refractivity contribution in [1.29, 1.82) is 0 Å². The second-order valence-electron chi connectivity index (χ2n) is 5.29. The number of aliphatic hydroxyl groups excluding tert-OH is 1. The van der Waals surface area contributed by atoms with Crippen molar-refractivity contribution >= 4 is 11.6 Å². The van der Waals surface area contributed by atoms with E-state index >= 15 is 0 Å². The van der Waals surface area contributed by atoms with Crippen LogP contribution in [-0.4, -0.2) is 28.6 Å². The third-order valence-electron chi connectivity index (χ3n) is 3.68. The number of aryl methyl sites for hydroxylation is 2. The Kier molecular flexibility index (Phi) is 5.26. The number of hydrogen-bond donors (Lipinski definition) is 1. The van der Waals surface area contributed by atoms with Gasteiger partial charge in [0, 0.05) is 19.2 Å². The number of nitrogens with zero attached hydrogens (tertiary/aromatic N) is 2. The van der Waals surface area contributed by atoms with Crippen LogP contribution in [0.2, 0.25) is 5.15 Å². The summed E-state index contributed by atoms with van der Waals surface area (Å²) >= 11 is 6.26. The molecule has 0 amide bonds. The molecule has 1 heterocycles. The summed E-state index contributed by atoms with van der Waals surface area (Å²) in [5.41, 5.74) is 3.08. The SMILES string of the molecule is COc1cccc(CC(CO)Cc2c(C)nn(C)c2Cl)c1. The number of rotatable bonds is 6. The van der Waals surface area contributed by atoms with Crippen molar-refractivity contribution in [2.24, 2.45) is 13.0 Å². The van der Waals surface area contributed by atoms with E-state index < -0.39 is 0 Å². The lowest BCUT2D eigenvalue weighted by molar-refractivity contribution is 0.224. The van der Waals surface area contributed by atoms with Crippen molar-refractivity contribution in [3.63, 3.8) is 0 Å². The van der Waals surface area contributed by atoms with E-state index in [-0.39, 0.29) is 12.5 Å². The minimum absolute atomic E-state index is 0.109. The summed E-state index contributed by atoms with van der Waals surface area (Å²) in [5, 5.41) is 14.6. The van der Waals surface area contributed by atoms with Gasteiger partial charge < -0.3 is 9.84 Å². The van der Waals surface area contributed by atoms with Crippen LogP contribution in [0.5, 0.6) is 5.75 Å². The van der Waals surface area contributed by atoms with Crippen molar-refractivity contribution in [3.05, 3.63) is 46.2 Å². The van der Waals surface area contributed by atoms with E-state index in [1.54, 1.807) is 11.8 Å². The Morgan fingerprint density at radius 1 is 1.38 bits per heavy atom. The van der Waals surface area contributed by atoms with Crippen LogP contribution < -0.4 is 4.74 Å². The number of aromatic nitrogens is 2. The third kappa shape index (κ3) is 3.77. The van der Waals surface area contributed by atoms with Gasteiger partial charge in [0.05, 0.1) is 12.8 Å². The smallest absolute Gasteiger partial charge is 0.130 e. The molecule has 21 heavy (non-hydrogen) atoms. The molecule has 2 aromatic rings. The first-order chi connectivity index (χ1) is 10.0. The van der Waals surface area contributed by atoms with Gasteiger partial charge in [-0.15, -0.1) is 0 Å². The molecule has 0 saturated heterocycles. The first-order valence-electron chi connectivity index (χ1n) is 6.97. The second-order valence-corrected chi connectivity index (χ2v) is 5.64. The Morgan fingerprint density at radius 2 is 2.14 bits per heavy atom. The molecule has 1 aromatic carbocycles. The zero-order valence-electron chi connectivity index (χ0n) is 12.6. The molecule has 0 aliphatic heterocycles. The van der Waals surface area contributed by atoms with E-state index in [0.29, 0.717) is 11.6 Å². The lowest BCUT2D eigenvalue weighted by Gasteiger charge is -2.15. The van der Waals surface area contributed by atoms with Crippen molar-refractivity contribution in [1.82, 2.24) is 9.78 Å². The molecule has 2 rings (SSSR count). The lowest BCUT2D eigenvalue weighted by Crippen LogP contribution is -2.13. The normalized spacial score (nSPS) is 12.4. The molecule has 0 aliphatic carbocycles. The maximum Gasteiger partial charge on any atom is 0.130 e. The molecule has 0 spiro atoms. The van der Waals surface area contributed by atoms with Gasteiger partial charge in [-0.3, -0.25) is 4.68 Å². The maximum absolute atomic E-state index is 9.66. The quantitative estimate of drug-likeness (QED) is 0.892. The highest BCUT2D eigenvalue weighted by atomic mass is 35.5. The number of aliphatic hydroxyl groups is 1. The van der Waals surface area contributed by atoms with Gasteiger partial charge in [0.2, 0.25) is 0 Å². The van der Waals surface area contributed by atoms with Crippen LogP contribution in [0.15, 0.2) is 24.3 Å². The molecular formula is C16H21ClN2O2. The van der Waals surface area contributed by atoms with Crippen LogP contribution >= 0.6 is 11.6 Å². The van der Waals surface area contributed by atoms with Crippen molar-refractivity contribution in [2.45, 2.75) is 19.8 Å². The third-order valence-corrected chi connectivity index (χ3v) is 4.15. The Morgan fingerprint density at radius 3 is 2.71 bits per heavy atom. The van der Waals surface area contributed by atoms with Crippen molar-refractivity contribution in [3.8, 4) is 5.75 Å². The van der Waals surface area contributed by atoms with Gasteiger partial charge in [-0.05, 0) is 43.4 Å². The highest BCUT2D eigenvalue weighted by Gasteiger charge is 2.17. The maximum atomic E-state index is 9.66. The molecule has 1 unspecified atom stereocenters. The summed E-state index contributed by atoms with van der Waals surface area (Å²) in [4.78, 5) is 0. The van der Waals surface area contributed by atoms with Gasteiger partial charge >= 0.3 is 0 Å². The van der Waals surface area contributed by atoms with Gasteiger partial charge in [0.1, 0.15) is 10.9 Å². The number of halogens is 1. The highest BCUT2D eigenvalue weighted by Crippen LogP contribution is 2.24. The minimum atomic E-state index is 0.109. The molecule has 0 fully saturated rings. The summed E-state index contributed by atoms with van der Waals surface area (Å²) in [6.45, 7) is 2.06.